The van der Waals surface area contributed by atoms with Crippen LogP contribution in [0.2, 0.25) is 0 Å². The molecule has 0 atom stereocenters. The normalized spacial score (nSPS) is 10.5. The Balaban J connectivity index is 2.37. The molecule has 0 saturated carbocycles. The first-order valence-electron chi connectivity index (χ1n) is 4.29. The van der Waals surface area contributed by atoms with Gasteiger partial charge in [0.1, 0.15) is 10.9 Å². The molecule has 1 heterocycles. The van der Waals surface area contributed by atoms with Crippen molar-refractivity contribution in [2.24, 2.45) is 5.92 Å². The molecule has 0 fully saturated rings. The number of nitrogens with zero attached hydrogens (tertiary/aromatic N) is 2. The lowest BCUT2D eigenvalue weighted by Crippen LogP contribution is -2.02. The van der Waals surface area contributed by atoms with E-state index in [0.717, 1.165) is 11.0 Å². The maximum absolute atomic E-state index is 5.42. The minimum Gasteiger partial charge on any atom is -0.478 e. The van der Waals surface area contributed by atoms with E-state index in [1.807, 2.05) is 0 Å². The Morgan fingerprint density at radius 1 is 1.46 bits per heavy atom. The first-order chi connectivity index (χ1) is 6.18. The van der Waals surface area contributed by atoms with Crippen molar-refractivity contribution in [1.29, 1.82) is 0 Å². The van der Waals surface area contributed by atoms with Gasteiger partial charge in [-0.1, -0.05) is 13.8 Å². The molecule has 0 radical (unpaired) electrons. The van der Waals surface area contributed by atoms with Gasteiger partial charge in [-0.3, -0.25) is 0 Å². The molecular formula is C9H13BrN2O. The number of hydrogen-bond donors (Lipinski definition) is 0. The predicted molar refractivity (Wildman–Crippen MR) is 54.7 cm³/mol. The van der Waals surface area contributed by atoms with Gasteiger partial charge in [-0.25, -0.2) is 9.97 Å². The van der Waals surface area contributed by atoms with Gasteiger partial charge < -0.3 is 4.74 Å². The standard InChI is InChI=1S/C9H13BrN2O/c1-7(2)3-4-13-9-5-8(10)11-6-12-9/h5-7H,3-4H2,1-2H3. The van der Waals surface area contributed by atoms with E-state index in [1.165, 1.54) is 6.33 Å². The smallest absolute Gasteiger partial charge is 0.217 e. The summed E-state index contributed by atoms with van der Waals surface area (Å²) in [5.74, 6) is 1.29. The first-order valence-corrected chi connectivity index (χ1v) is 5.08. The Morgan fingerprint density at radius 3 is 2.85 bits per heavy atom. The third-order valence-electron chi connectivity index (χ3n) is 1.55. The van der Waals surface area contributed by atoms with Crippen LogP contribution in [0.3, 0.4) is 0 Å². The van der Waals surface area contributed by atoms with Gasteiger partial charge in [-0.15, -0.1) is 0 Å². The molecule has 1 aromatic rings. The van der Waals surface area contributed by atoms with Gasteiger partial charge in [0.25, 0.3) is 0 Å². The monoisotopic (exact) mass is 244 g/mol. The summed E-state index contributed by atoms with van der Waals surface area (Å²) in [5.41, 5.74) is 0. The van der Waals surface area contributed by atoms with E-state index >= 15 is 0 Å². The molecule has 0 aromatic carbocycles. The van der Waals surface area contributed by atoms with Crippen molar-refractivity contribution in [3.05, 3.63) is 17.0 Å². The molecule has 0 aliphatic rings. The van der Waals surface area contributed by atoms with Crippen molar-refractivity contribution in [1.82, 2.24) is 9.97 Å². The van der Waals surface area contributed by atoms with Crippen LogP contribution in [0, 0.1) is 5.92 Å². The largest absolute Gasteiger partial charge is 0.478 e. The lowest BCUT2D eigenvalue weighted by molar-refractivity contribution is 0.278. The summed E-state index contributed by atoms with van der Waals surface area (Å²) in [7, 11) is 0. The molecule has 0 amide bonds. The highest BCUT2D eigenvalue weighted by Crippen LogP contribution is 2.12. The summed E-state index contributed by atoms with van der Waals surface area (Å²) in [6, 6.07) is 1.76. The summed E-state index contributed by atoms with van der Waals surface area (Å²) in [6.45, 7) is 5.04. The van der Waals surface area contributed by atoms with Gasteiger partial charge >= 0.3 is 0 Å². The van der Waals surface area contributed by atoms with Gasteiger partial charge in [0, 0.05) is 6.07 Å². The van der Waals surface area contributed by atoms with Gasteiger partial charge in [0.2, 0.25) is 5.88 Å². The highest BCUT2D eigenvalue weighted by molar-refractivity contribution is 9.10. The third-order valence-corrected chi connectivity index (χ3v) is 1.99. The van der Waals surface area contributed by atoms with Crippen molar-refractivity contribution in [2.75, 3.05) is 6.61 Å². The SMILES string of the molecule is CC(C)CCOc1cc(Br)ncn1. The Hall–Kier alpha value is -0.640. The summed E-state index contributed by atoms with van der Waals surface area (Å²) in [4.78, 5) is 7.88. The quantitative estimate of drug-likeness (QED) is 0.765. The van der Waals surface area contributed by atoms with Gasteiger partial charge in [0.05, 0.1) is 6.61 Å². The van der Waals surface area contributed by atoms with Crippen LogP contribution in [0.4, 0.5) is 0 Å². The number of ether oxygens (including phenoxy) is 1. The number of aromatic nitrogens is 2. The molecule has 72 valence electrons. The predicted octanol–water partition coefficient (Wildman–Crippen LogP) is 2.66. The molecule has 0 saturated heterocycles. The fourth-order valence-corrected chi connectivity index (χ4v) is 1.08. The van der Waals surface area contributed by atoms with Gasteiger partial charge in [-0.2, -0.15) is 0 Å². The van der Waals surface area contributed by atoms with Crippen molar-refractivity contribution in [3.8, 4) is 5.88 Å². The summed E-state index contributed by atoms with van der Waals surface area (Å²) >= 11 is 3.25. The molecule has 0 aliphatic heterocycles. The fraction of sp³-hybridized carbons (Fsp3) is 0.556. The van der Waals surface area contributed by atoms with Crippen LogP contribution in [0.5, 0.6) is 5.88 Å². The second kappa shape index (κ2) is 5.17. The second-order valence-electron chi connectivity index (χ2n) is 3.21. The molecule has 4 heteroatoms. The minimum atomic E-state index is 0.627. The Kier molecular flexibility index (Phi) is 4.15. The second-order valence-corrected chi connectivity index (χ2v) is 4.02. The van der Waals surface area contributed by atoms with E-state index in [4.69, 9.17) is 4.74 Å². The van der Waals surface area contributed by atoms with E-state index in [2.05, 4.69) is 39.7 Å². The van der Waals surface area contributed by atoms with Crippen LogP contribution in [-0.4, -0.2) is 16.6 Å². The van der Waals surface area contributed by atoms with E-state index < -0.39 is 0 Å². The van der Waals surface area contributed by atoms with Gasteiger partial charge in [0.15, 0.2) is 0 Å². The molecule has 1 aromatic heterocycles. The number of rotatable bonds is 4. The minimum absolute atomic E-state index is 0.627. The summed E-state index contributed by atoms with van der Waals surface area (Å²) in [6.07, 6.45) is 2.52. The van der Waals surface area contributed by atoms with Crippen molar-refractivity contribution in [3.63, 3.8) is 0 Å². The average Bonchev–Trinajstić information content (AvgIpc) is 2.03. The molecule has 13 heavy (non-hydrogen) atoms. The van der Waals surface area contributed by atoms with Crippen molar-refractivity contribution < 1.29 is 4.74 Å². The number of hydrogen-bond acceptors (Lipinski definition) is 3. The first kappa shape index (κ1) is 10.4. The molecule has 0 N–H and O–H groups in total. The van der Waals surface area contributed by atoms with Crippen LogP contribution in [0.15, 0.2) is 17.0 Å². The van der Waals surface area contributed by atoms with Crippen LogP contribution < -0.4 is 4.74 Å². The van der Waals surface area contributed by atoms with Crippen LogP contribution in [0.25, 0.3) is 0 Å². The van der Waals surface area contributed by atoms with Crippen molar-refractivity contribution >= 4 is 15.9 Å². The zero-order valence-electron chi connectivity index (χ0n) is 7.83. The summed E-state index contributed by atoms with van der Waals surface area (Å²) < 4.78 is 6.17. The van der Waals surface area contributed by atoms with Gasteiger partial charge in [-0.05, 0) is 28.3 Å². The van der Waals surface area contributed by atoms with E-state index in [9.17, 15) is 0 Å². The van der Waals surface area contributed by atoms with E-state index in [-0.39, 0.29) is 0 Å². The topological polar surface area (TPSA) is 35.0 Å². The van der Waals surface area contributed by atoms with Crippen LogP contribution >= 0.6 is 15.9 Å². The van der Waals surface area contributed by atoms with Crippen LogP contribution in [-0.2, 0) is 0 Å². The van der Waals surface area contributed by atoms with E-state index in [1.54, 1.807) is 6.07 Å². The molecule has 3 nitrogen and oxygen atoms in total. The Labute approximate surface area is 86.7 Å². The fourth-order valence-electron chi connectivity index (χ4n) is 0.795. The lowest BCUT2D eigenvalue weighted by atomic mass is 10.1. The molecule has 0 bridgehead atoms. The maximum atomic E-state index is 5.42. The van der Waals surface area contributed by atoms with Crippen LogP contribution in [0.1, 0.15) is 20.3 Å². The van der Waals surface area contributed by atoms with E-state index in [0.29, 0.717) is 18.4 Å². The highest BCUT2D eigenvalue weighted by Gasteiger charge is 1.98. The molecular weight excluding hydrogens is 232 g/mol. The Morgan fingerprint density at radius 2 is 2.23 bits per heavy atom. The summed E-state index contributed by atoms with van der Waals surface area (Å²) in [5, 5.41) is 0. The maximum Gasteiger partial charge on any atom is 0.217 e. The molecule has 0 aliphatic carbocycles. The zero-order chi connectivity index (χ0) is 9.68. The molecule has 0 spiro atoms. The third kappa shape index (κ3) is 4.22. The van der Waals surface area contributed by atoms with Crippen molar-refractivity contribution in [2.45, 2.75) is 20.3 Å². The Bertz CT molecular complexity index is 266. The average molecular weight is 245 g/mol. The number of halogens is 1. The molecule has 1 rings (SSSR count). The highest BCUT2D eigenvalue weighted by atomic mass is 79.9. The zero-order valence-corrected chi connectivity index (χ0v) is 9.41. The lowest BCUT2D eigenvalue weighted by Gasteiger charge is -2.06. The molecule has 0 unspecified atom stereocenters.